The Morgan fingerprint density at radius 1 is 0.938 bits per heavy atom. The van der Waals surface area contributed by atoms with Gasteiger partial charge in [-0.1, -0.05) is 42.5 Å². The molecule has 3 aromatic rings. The van der Waals surface area contributed by atoms with E-state index in [1.54, 1.807) is 19.1 Å². The molecule has 0 radical (unpaired) electrons. The smallest absolute Gasteiger partial charge is 0.242 e. The number of ether oxygens (including phenoxy) is 1. The zero-order chi connectivity index (χ0) is 23.3. The van der Waals surface area contributed by atoms with Gasteiger partial charge in [-0.05, 0) is 73.7 Å². The number of rotatable bonds is 8. The molecule has 0 unspecified atom stereocenters. The molecule has 0 heterocycles. The van der Waals surface area contributed by atoms with Gasteiger partial charge >= 0.3 is 0 Å². The number of benzene rings is 3. The highest BCUT2D eigenvalue weighted by Gasteiger charge is 2.27. The van der Waals surface area contributed by atoms with Crippen molar-refractivity contribution in [2.45, 2.75) is 38.1 Å². The van der Waals surface area contributed by atoms with Gasteiger partial charge in [0.1, 0.15) is 11.8 Å². The first-order chi connectivity index (χ1) is 15.2. The van der Waals surface area contributed by atoms with E-state index in [2.05, 4.69) is 10.0 Å². The van der Waals surface area contributed by atoms with Gasteiger partial charge < -0.3 is 10.1 Å². The molecule has 0 bridgehead atoms. The maximum absolute atomic E-state index is 13.2. The Morgan fingerprint density at radius 2 is 1.66 bits per heavy atom. The molecule has 32 heavy (non-hydrogen) atoms. The maximum atomic E-state index is 13.2. The molecule has 1 atom stereocenters. The second-order valence-electron chi connectivity index (χ2n) is 7.73. The van der Waals surface area contributed by atoms with Gasteiger partial charge in [0.15, 0.2) is 0 Å². The van der Waals surface area contributed by atoms with Gasteiger partial charge in [0.2, 0.25) is 15.9 Å². The predicted molar refractivity (Wildman–Crippen MR) is 127 cm³/mol. The van der Waals surface area contributed by atoms with Crippen molar-refractivity contribution in [2.24, 2.45) is 0 Å². The van der Waals surface area contributed by atoms with Crippen molar-refractivity contribution in [3.63, 3.8) is 0 Å². The molecule has 0 saturated heterocycles. The van der Waals surface area contributed by atoms with Crippen LogP contribution >= 0.6 is 0 Å². The van der Waals surface area contributed by atoms with E-state index in [0.29, 0.717) is 17.0 Å². The van der Waals surface area contributed by atoms with E-state index in [-0.39, 0.29) is 11.3 Å². The fourth-order valence-corrected chi connectivity index (χ4v) is 4.70. The third-order valence-electron chi connectivity index (χ3n) is 5.44. The normalized spacial score (nSPS) is 12.2. The topological polar surface area (TPSA) is 84.5 Å². The lowest BCUT2D eigenvalue weighted by Gasteiger charge is -2.20. The van der Waals surface area contributed by atoms with Crippen molar-refractivity contribution in [1.29, 1.82) is 0 Å². The van der Waals surface area contributed by atoms with Gasteiger partial charge in [0.05, 0.1) is 12.0 Å². The van der Waals surface area contributed by atoms with Gasteiger partial charge in [-0.2, -0.15) is 4.72 Å². The van der Waals surface area contributed by atoms with Gasteiger partial charge in [0.25, 0.3) is 0 Å². The third-order valence-corrected chi connectivity index (χ3v) is 6.91. The van der Waals surface area contributed by atoms with E-state index < -0.39 is 22.0 Å². The molecule has 7 heteroatoms. The van der Waals surface area contributed by atoms with Gasteiger partial charge in [-0.25, -0.2) is 8.42 Å². The van der Waals surface area contributed by atoms with Crippen molar-refractivity contribution < 1.29 is 17.9 Å². The molecule has 0 aliphatic carbocycles. The van der Waals surface area contributed by atoms with E-state index in [1.165, 1.54) is 19.2 Å². The van der Waals surface area contributed by atoms with Crippen LogP contribution in [-0.2, 0) is 21.2 Å². The highest BCUT2D eigenvalue weighted by Crippen LogP contribution is 2.22. The Kier molecular flexibility index (Phi) is 7.33. The standard InChI is InChI=1S/C25H28N2O4S/c1-17-9-8-12-22(19(17)3)26-25(28)23(16-20-10-6-5-7-11-20)27-32(29,30)21-13-14-24(31-4)18(2)15-21/h5-15,23,27H,16H2,1-4H3,(H,26,28)/t23-/m1/s1. The number of sulfonamides is 1. The lowest BCUT2D eigenvalue weighted by molar-refractivity contribution is -0.117. The van der Waals surface area contributed by atoms with Crippen molar-refractivity contribution in [3.05, 3.63) is 89.0 Å². The molecule has 0 aromatic heterocycles. The Hall–Kier alpha value is -3.16. The van der Waals surface area contributed by atoms with Crippen LogP contribution in [-0.4, -0.2) is 27.5 Å². The molecule has 1 amide bonds. The van der Waals surface area contributed by atoms with Crippen LogP contribution in [0, 0.1) is 20.8 Å². The van der Waals surface area contributed by atoms with Crippen LogP contribution in [0.4, 0.5) is 5.69 Å². The van der Waals surface area contributed by atoms with Crippen LogP contribution in [0.3, 0.4) is 0 Å². The second-order valence-corrected chi connectivity index (χ2v) is 9.45. The number of carbonyl (C=O) groups is 1. The lowest BCUT2D eigenvalue weighted by Crippen LogP contribution is -2.45. The van der Waals surface area contributed by atoms with E-state index in [4.69, 9.17) is 4.74 Å². The maximum Gasteiger partial charge on any atom is 0.242 e. The van der Waals surface area contributed by atoms with E-state index >= 15 is 0 Å². The summed E-state index contributed by atoms with van der Waals surface area (Å²) in [6, 6.07) is 18.5. The molecule has 3 rings (SSSR count). The minimum atomic E-state index is -3.95. The highest BCUT2D eigenvalue weighted by molar-refractivity contribution is 7.89. The Morgan fingerprint density at radius 3 is 2.31 bits per heavy atom. The number of nitrogens with one attached hydrogen (secondary N) is 2. The number of methoxy groups -OCH3 is 1. The van der Waals surface area contributed by atoms with Crippen LogP contribution < -0.4 is 14.8 Å². The Bertz CT molecular complexity index is 1210. The average molecular weight is 453 g/mol. The molecular weight excluding hydrogens is 424 g/mol. The summed E-state index contributed by atoms with van der Waals surface area (Å²) in [6.07, 6.45) is 0.214. The number of anilines is 1. The van der Waals surface area contributed by atoms with Gasteiger partial charge in [0, 0.05) is 5.69 Å². The fourth-order valence-electron chi connectivity index (χ4n) is 3.42. The number of amides is 1. The van der Waals surface area contributed by atoms with Crippen LogP contribution in [0.15, 0.2) is 71.6 Å². The van der Waals surface area contributed by atoms with Gasteiger partial charge in [-0.3, -0.25) is 4.79 Å². The predicted octanol–water partition coefficient (Wildman–Crippen LogP) is 4.15. The van der Waals surface area contributed by atoms with Crippen LogP contribution in [0.5, 0.6) is 5.75 Å². The van der Waals surface area contributed by atoms with Crippen LogP contribution in [0.2, 0.25) is 0 Å². The number of hydrogen-bond acceptors (Lipinski definition) is 4. The minimum absolute atomic E-state index is 0.0772. The molecule has 0 saturated carbocycles. The summed E-state index contributed by atoms with van der Waals surface area (Å²) >= 11 is 0. The molecule has 0 spiro atoms. The van der Waals surface area contributed by atoms with Crippen LogP contribution in [0.25, 0.3) is 0 Å². The molecule has 3 aromatic carbocycles. The van der Waals surface area contributed by atoms with E-state index in [9.17, 15) is 13.2 Å². The number of hydrogen-bond donors (Lipinski definition) is 2. The summed E-state index contributed by atoms with van der Waals surface area (Å²) in [7, 11) is -2.42. The first-order valence-corrected chi connectivity index (χ1v) is 11.8. The van der Waals surface area contributed by atoms with Crippen molar-refractivity contribution in [3.8, 4) is 5.75 Å². The molecule has 168 valence electrons. The van der Waals surface area contributed by atoms with Gasteiger partial charge in [-0.15, -0.1) is 0 Å². The zero-order valence-electron chi connectivity index (χ0n) is 18.7. The Labute approximate surface area is 189 Å². The van der Waals surface area contributed by atoms with E-state index in [1.807, 2.05) is 56.3 Å². The second kappa shape index (κ2) is 9.97. The first-order valence-electron chi connectivity index (χ1n) is 10.3. The number of aryl methyl sites for hydroxylation is 2. The Balaban J connectivity index is 1.90. The molecular formula is C25H28N2O4S. The summed E-state index contributed by atoms with van der Waals surface area (Å²) in [6.45, 7) is 5.65. The summed E-state index contributed by atoms with van der Waals surface area (Å²) in [5.74, 6) is 0.175. The summed E-state index contributed by atoms with van der Waals surface area (Å²) < 4.78 is 34.1. The quantitative estimate of drug-likeness (QED) is 0.538. The summed E-state index contributed by atoms with van der Waals surface area (Å²) in [4.78, 5) is 13.3. The highest BCUT2D eigenvalue weighted by atomic mass is 32.2. The van der Waals surface area contributed by atoms with E-state index in [0.717, 1.165) is 16.7 Å². The molecule has 6 nitrogen and oxygen atoms in total. The van der Waals surface area contributed by atoms with Crippen LogP contribution in [0.1, 0.15) is 22.3 Å². The average Bonchev–Trinajstić information content (AvgIpc) is 2.77. The zero-order valence-corrected chi connectivity index (χ0v) is 19.5. The first kappa shape index (κ1) is 23.5. The molecule has 2 N–H and O–H groups in total. The fraction of sp³-hybridized carbons (Fsp3) is 0.240. The third kappa shape index (κ3) is 5.55. The summed E-state index contributed by atoms with van der Waals surface area (Å²) in [5.41, 5.74) is 4.18. The van der Waals surface area contributed by atoms with Crippen molar-refractivity contribution >= 4 is 21.6 Å². The monoisotopic (exact) mass is 452 g/mol. The minimum Gasteiger partial charge on any atom is -0.496 e. The number of carbonyl (C=O) groups excluding carboxylic acids is 1. The molecule has 0 aliphatic heterocycles. The van der Waals surface area contributed by atoms with Crippen molar-refractivity contribution in [2.75, 3.05) is 12.4 Å². The molecule has 0 fully saturated rings. The lowest BCUT2D eigenvalue weighted by atomic mass is 10.0. The SMILES string of the molecule is COc1ccc(S(=O)(=O)N[C@H](Cc2ccccc2)C(=O)Nc2cccc(C)c2C)cc1C. The molecule has 0 aliphatic rings. The van der Waals surface area contributed by atoms with Crippen molar-refractivity contribution in [1.82, 2.24) is 4.72 Å². The summed E-state index contributed by atoms with van der Waals surface area (Å²) in [5, 5.41) is 2.89. The largest absolute Gasteiger partial charge is 0.496 e.